The summed E-state index contributed by atoms with van der Waals surface area (Å²) in [6.45, 7) is 0.570. The Morgan fingerprint density at radius 1 is 1.05 bits per heavy atom. The Morgan fingerprint density at radius 2 is 1.73 bits per heavy atom. The highest BCUT2D eigenvalue weighted by Gasteiger charge is 2.07. The van der Waals surface area contributed by atoms with Crippen molar-refractivity contribution in [2.45, 2.75) is 6.42 Å². The molecule has 1 amide bonds. The number of benzene rings is 2. The summed E-state index contributed by atoms with van der Waals surface area (Å²) in [5.41, 5.74) is 2.85. The summed E-state index contributed by atoms with van der Waals surface area (Å²) in [5.74, 6) is -0.150. The van der Waals surface area contributed by atoms with Gasteiger partial charge < -0.3 is 10.2 Å². The number of amides is 1. The van der Waals surface area contributed by atoms with Crippen LogP contribution in [0.1, 0.15) is 15.9 Å². The third-order valence-electron chi connectivity index (χ3n) is 3.33. The van der Waals surface area contributed by atoms with Gasteiger partial charge in [-0.05, 0) is 42.3 Å². The van der Waals surface area contributed by atoms with E-state index in [0.29, 0.717) is 22.2 Å². The van der Waals surface area contributed by atoms with Crippen LogP contribution in [0.3, 0.4) is 0 Å². The molecule has 0 spiro atoms. The number of carbonyl (C=O) groups excluding carboxylic acids is 1. The molecule has 2 aromatic carbocycles. The molecule has 1 N–H and O–H groups in total. The first-order valence-electron chi connectivity index (χ1n) is 6.97. The SMILES string of the molecule is CN(C)c1ccc(CCNC(=O)c2ccc(Cl)c(Cl)c2)cc1. The molecule has 0 aliphatic heterocycles. The molecule has 0 atom stereocenters. The van der Waals surface area contributed by atoms with E-state index in [2.05, 4.69) is 34.5 Å². The molecule has 0 heterocycles. The molecule has 0 saturated carbocycles. The summed E-state index contributed by atoms with van der Waals surface area (Å²) in [6.07, 6.45) is 0.779. The van der Waals surface area contributed by atoms with Gasteiger partial charge in [0.25, 0.3) is 5.91 Å². The maximum Gasteiger partial charge on any atom is 0.251 e. The predicted octanol–water partition coefficient (Wildman–Crippen LogP) is 4.03. The molecule has 0 bridgehead atoms. The molecule has 2 rings (SSSR count). The standard InChI is InChI=1S/C17H18Cl2N2O/c1-21(2)14-6-3-12(4-7-14)9-10-20-17(22)13-5-8-15(18)16(19)11-13/h3-8,11H,9-10H2,1-2H3,(H,20,22). The fourth-order valence-corrected chi connectivity index (χ4v) is 2.32. The van der Waals surface area contributed by atoms with E-state index in [1.54, 1.807) is 18.2 Å². The van der Waals surface area contributed by atoms with Gasteiger partial charge in [0.15, 0.2) is 0 Å². The number of anilines is 1. The second-order valence-electron chi connectivity index (χ2n) is 5.20. The third-order valence-corrected chi connectivity index (χ3v) is 4.07. The Kier molecular flexibility index (Phi) is 5.69. The van der Waals surface area contributed by atoms with Crippen LogP contribution in [0.2, 0.25) is 10.0 Å². The summed E-state index contributed by atoms with van der Waals surface area (Å²) in [6, 6.07) is 13.1. The first-order valence-corrected chi connectivity index (χ1v) is 7.72. The zero-order valence-corrected chi connectivity index (χ0v) is 14.1. The summed E-state index contributed by atoms with van der Waals surface area (Å²) in [5, 5.41) is 3.71. The van der Waals surface area contributed by atoms with Gasteiger partial charge in [-0.2, -0.15) is 0 Å². The van der Waals surface area contributed by atoms with Crippen LogP contribution in [-0.2, 0) is 6.42 Å². The van der Waals surface area contributed by atoms with Crippen LogP contribution in [0.25, 0.3) is 0 Å². The topological polar surface area (TPSA) is 32.3 Å². The minimum atomic E-state index is -0.150. The molecule has 3 nitrogen and oxygen atoms in total. The van der Waals surface area contributed by atoms with Crippen molar-refractivity contribution in [2.75, 3.05) is 25.5 Å². The minimum absolute atomic E-state index is 0.150. The van der Waals surface area contributed by atoms with Gasteiger partial charge in [-0.1, -0.05) is 35.3 Å². The number of hydrogen-bond acceptors (Lipinski definition) is 2. The van der Waals surface area contributed by atoms with Crippen molar-refractivity contribution in [3.63, 3.8) is 0 Å². The summed E-state index contributed by atoms with van der Waals surface area (Å²) in [7, 11) is 4.01. The van der Waals surface area contributed by atoms with E-state index in [1.165, 1.54) is 5.56 Å². The zero-order valence-electron chi connectivity index (χ0n) is 12.6. The number of hydrogen-bond donors (Lipinski definition) is 1. The number of rotatable bonds is 5. The molecule has 0 aliphatic carbocycles. The molecule has 0 saturated heterocycles. The molecule has 0 unspecified atom stereocenters. The Balaban J connectivity index is 1.87. The van der Waals surface area contributed by atoms with Crippen molar-refractivity contribution in [1.82, 2.24) is 5.32 Å². The number of nitrogens with zero attached hydrogens (tertiary/aromatic N) is 1. The van der Waals surface area contributed by atoms with Gasteiger partial charge in [-0.3, -0.25) is 4.79 Å². The average molecular weight is 337 g/mol. The van der Waals surface area contributed by atoms with E-state index in [9.17, 15) is 4.79 Å². The predicted molar refractivity (Wildman–Crippen MR) is 93.3 cm³/mol. The van der Waals surface area contributed by atoms with Crippen LogP contribution in [0.4, 0.5) is 5.69 Å². The van der Waals surface area contributed by atoms with Crippen molar-refractivity contribution in [3.8, 4) is 0 Å². The van der Waals surface area contributed by atoms with Crippen LogP contribution in [0, 0.1) is 0 Å². The molecule has 0 aliphatic rings. The molecule has 116 valence electrons. The summed E-state index contributed by atoms with van der Waals surface area (Å²) < 4.78 is 0. The van der Waals surface area contributed by atoms with Crippen molar-refractivity contribution >= 4 is 34.8 Å². The molecule has 2 aromatic rings. The lowest BCUT2D eigenvalue weighted by molar-refractivity contribution is 0.0954. The summed E-state index contributed by atoms with van der Waals surface area (Å²) in [4.78, 5) is 14.1. The van der Waals surface area contributed by atoms with Crippen LogP contribution in [0.5, 0.6) is 0 Å². The van der Waals surface area contributed by atoms with Crippen LogP contribution >= 0.6 is 23.2 Å². The maximum atomic E-state index is 12.0. The van der Waals surface area contributed by atoms with Crippen molar-refractivity contribution in [1.29, 1.82) is 0 Å². The van der Waals surface area contributed by atoms with Crippen molar-refractivity contribution in [2.24, 2.45) is 0 Å². The normalized spacial score (nSPS) is 10.4. The highest BCUT2D eigenvalue weighted by atomic mass is 35.5. The van der Waals surface area contributed by atoms with Crippen LogP contribution in [0.15, 0.2) is 42.5 Å². The number of nitrogens with one attached hydrogen (secondary N) is 1. The summed E-state index contributed by atoms with van der Waals surface area (Å²) >= 11 is 11.7. The van der Waals surface area contributed by atoms with Gasteiger partial charge in [0, 0.05) is 31.9 Å². The zero-order chi connectivity index (χ0) is 16.1. The highest BCUT2D eigenvalue weighted by Crippen LogP contribution is 2.22. The Labute approximate surface area is 140 Å². The van der Waals surface area contributed by atoms with E-state index < -0.39 is 0 Å². The maximum absolute atomic E-state index is 12.0. The minimum Gasteiger partial charge on any atom is -0.378 e. The first-order chi connectivity index (χ1) is 10.5. The van der Waals surface area contributed by atoms with Crippen molar-refractivity contribution in [3.05, 3.63) is 63.6 Å². The van der Waals surface area contributed by atoms with Crippen LogP contribution < -0.4 is 10.2 Å². The quantitative estimate of drug-likeness (QED) is 0.893. The molecule has 0 radical (unpaired) electrons. The molecular weight excluding hydrogens is 319 g/mol. The highest BCUT2D eigenvalue weighted by molar-refractivity contribution is 6.42. The van der Waals surface area contributed by atoms with Crippen molar-refractivity contribution < 1.29 is 4.79 Å². The Hall–Kier alpha value is -1.71. The van der Waals surface area contributed by atoms with Gasteiger partial charge in [0.2, 0.25) is 0 Å². The van der Waals surface area contributed by atoms with Gasteiger partial charge in [0.05, 0.1) is 10.0 Å². The van der Waals surface area contributed by atoms with E-state index in [0.717, 1.165) is 12.1 Å². The van der Waals surface area contributed by atoms with E-state index in [1.807, 2.05) is 14.1 Å². The first kappa shape index (κ1) is 16.7. The Morgan fingerprint density at radius 3 is 2.32 bits per heavy atom. The Bertz CT molecular complexity index is 654. The lowest BCUT2D eigenvalue weighted by Gasteiger charge is -2.12. The largest absolute Gasteiger partial charge is 0.378 e. The molecule has 0 fully saturated rings. The fourth-order valence-electron chi connectivity index (χ4n) is 2.02. The van der Waals surface area contributed by atoms with E-state index >= 15 is 0 Å². The van der Waals surface area contributed by atoms with E-state index in [4.69, 9.17) is 23.2 Å². The fraction of sp³-hybridized carbons (Fsp3) is 0.235. The second-order valence-corrected chi connectivity index (χ2v) is 6.01. The molecule has 5 heteroatoms. The lowest BCUT2D eigenvalue weighted by atomic mass is 10.1. The molecular formula is C17H18Cl2N2O. The van der Waals surface area contributed by atoms with Gasteiger partial charge in [0.1, 0.15) is 0 Å². The van der Waals surface area contributed by atoms with Gasteiger partial charge in [-0.15, -0.1) is 0 Å². The lowest BCUT2D eigenvalue weighted by Crippen LogP contribution is -2.25. The van der Waals surface area contributed by atoms with E-state index in [-0.39, 0.29) is 5.91 Å². The third kappa shape index (κ3) is 4.39. The number of carbonyl (C=O) groups is 1. The molecule has 0 aromatic heterocycles. The van der Waals surface area contributed by atoms with Crippen LogP contribution in [-0.4, -0.2) is 26.5 Å². The monoisotopic (exact) mass is 336 g/mol. The average Bonchev–Trinajstić information content (AvgIpc) is 2.50. The van der Waals surface area contributed by atoms with Gasteiger partial charge >= 0.3 is 0 Å². The number of halogens is 2. The molecule has 22 heavy (non-hydrogen) atoms. The second kappa shape index (κ2) is 7.52. The smallest absolute Gasteiger partial charge is 0.251 e. The van der Waals surface area contributed by atoms with Gasteiger partial charge in [-0.25, -0.2) is 0 Å².